The average Bonchev–Trinajstić information content (AvgIpc) is 2.42. The van der Waals surface area contributed by atoms with Crippen LogP contribution in [0, 0.1) is 0 Å². The van der Waals surface area contributed by atoms with Crippen molar-refractivity contribution in [2.24, 2.45) is 0 Å². The predicted octanol–water partition coefficient (Wildman–Crippen LogP) is 2.80. The summed E-state index contributed by atoms with van der Waals surface area (Å²) in [6, 6.07) is 10.1. The second-order valence-electron chi connectivity index (χ2n) is 4.27. The zero-order chi connectivity index (χ0) is 12.4. The van der Waals surface area contributed by atoms with Gasteiger partial charge < -0.3 is 5.73 Å². The first kappa shape index (κ1) is 10.7. The number of benzene rings is 1. The normalized spacial score (nSPS) is 10.7. The molecule has 0 atom stereocenters. The first-order chi connectivity index (χ1) is 8.84. The molecular weight excluding hydrogens is 222 g/mol. The molecule has 0 radical (unpaired) electrons. The minimum atomic E-state index is 0.758. The van der Waals surface area contributed by atoms with Crippen molar-refractivity contribution in [1.29, 1.82) is 0 Å². The van der Waals surface area contributed by atoms with E-state index in [2.05, 4.69) is 22.1 Å². The largest absolute Gasteiger partial charge is 0.398 e. The molecule has 0 saturated carbocycles. The highest BCUT2D eigenvalue weighted by molar-refractivity contribution is 5.85. The molecule has 0 aliphatic heterocycles. The van der Waals surface area contributed by atoms with Gasteiger partial charge in [0.05, 0.1) is 0 Å². The summed E-state index contributed by atoms with van der Waals surface area (Å²) in [5.41, 5.74) is 8.94. The van der Waals surface area contributed by atoms with E-state index in [4.69, 9.17) is 5.73 Å². The molecule has 0 spiro atoms. The smallest absolute Gasteiger partial charge is 0.0380 e. The standard InChI is InChI=1S/C15H13N3/c16-15-5-6-17-10-13(15)7-12-9-18-8-11-3-1-2-4-14(11)12/h1-6,8-10H,7H2,(H2,16,17). The summed E-state index contributed by atoms with van der Waals surface area (Å²) in [5.74, 6) is 0. The van der Waals surface area contributed by atoms with Crippen molar-refractivity contribution in [3.05, 3.63) is 66.2 Å². The van der Waals surface area contributed by atoms with Gasteiger partial charge >= 0.3 is 0 Å². The Bertz CT molecular complexity index is 687. The van der Waals surface area contributed by atoms with E-state index in [-0.39, 0.29) is 0 Å². The first-order valence-corrected chi connectivity index (χ1v) is 5.84. The van der Waals surface area contributed by atoms with Gasteiger partial charge in [0, 0.05) is 42.3 Å². The molecule has 3 heteroatoms. The zero-order valence-electron chi connectivity index (χ0n) is 9.88. The third-order valence-electron chi connectivity index (χ3n) is 3.07. The Balaban J connectivity index is 2.08. The number of hydrogen-bond acceptors (Lipinski definition) is 3. The number of fused-ring (bicyclic) bond motifs is 1. The van der Waals surface area contributed by atoms with Gasteiger partial charge in [0.2, 0.25) is 0 Å². The highest BCUT2D eigenvalue weighted by Crippen LogP contribution is 2.21. The van der Waals surface area contributed by atoms with Crippen LogP contribution in [0.15, 0.2) is 55.1 Å². The lowest BCUT2D eigenvalue weighted by Gasteiger charge is -2.07. The molecule has 2 aromatic heterocycles. The fourth-order valence-electron chi connectivity index (χ4n) is 2.11. The van der Waals surface area contributed by atoms with Gasteiger partial charge in [0.15, 0.2) is 0 Å². The molecular formula is C15H13N3. The summed E-state index contributed by atoms with van der Waals surface area (Å²) >= 11 is 0. The molecule has 2 N–H and O–H groups in total. The highest BCUT2D eigenvalue weighted by atomic mass is 14.7. The molecule has 0 bridgehead atoms. The van der Waals surface area contributed by atoms with Crippen LogP contribution >= 0.6 is 0 Å². The van der Waals surface area contributed by atoms with Crippen LogP contribution in [0.3, 0.4) is 0 Å². The van der Waals surface area contributed by atoms with Crippen LogP contribution in [-0.2, 0) is 6.42 Å². The fraction of sp³-hybridized carbons (Fsp3) is 0.0667. The Labute approximate surface area is 105 Å². The fourth-order valence-corrected chi connectivity index (χ4v) is 2.11. The van der Waals surface area contributed by atoms with Crippen LogP contribution in [-0.4, -0.2) is 9.97 Å². The second-order valence-corrected chi connectivity index (χ2v) is 4.27. The lowest BCUT2D eigenvalue weighted by molar-refractivity contribution is 1.14. The van der Waals surface area contributed by atoms with E-state index in [1.54, 1.807) is 6.20 Å². The Morgan fingerprint density at radius 3 is 2.61 bits per heavy atom. The minimum absolute atomic E-state index is 0.758. The maximum Gasteiger partial charge on any atom is 0.0380 e. The van der Waals surface area contributed by atoms with Gasteiger partial charge in [-0.15, -0.1) is 0 Å². The summed E-state index contributed by atoms with van der Waals surface area (Å²) in [6.45, 7) is 0. The Hall–Kier alpha value is -2.42. The molecule has 0 unspecified atom stereocenters. The number of anilines is 1. The number of aromatic nitrogens is 2. The number of nitrogen functional groups attached to an aromatic ring is 1. The van der Waals surface area contributed by atoms with Crippen LogP contribution in [0.2, 0.25) is 0 Å². The Kier molecular flexibility index (Phi) is 2.65. The van der Waals surface area contributed by atoms with E-state index in [0.717, 1.165) is 23.1 Å². The molecule has 0 aliphatic rings. The van der Waals surface area contributed by atoms with Crippen LogP contribution < -0.4 is 5.73 Å². The van der Waals surface area contributed by atoms with Crippen molar-refractivity contribution < 1.29 is 0 Å². The Morgan fingerprint density at radius 1 is 0.889 bits per heavy atom. The first-order valence-electron chi connectivity index (χ1n) is 5.84. The van der Waals surface area contributed by atoms with Gasteiger partial charge in [-0.1, -0.05) is 24.3 Å². The van der Waals surface area contributed by atoms with E-state index in [1.165, 1.54) is 10.9 Å². The topological polar surface area (TPSA) is 51.8 Å². The summed E-state index contributed by atoms with van der Waals surface area (Å²) in [7, 11) is 0. The molecule has 88 valence electrons. The molecule has 3 aromatic rings. The monoisotopic (exact) mass is 235 g/mol. The van der Waals surface area contributed by atoms with Gasteiger partial charge in [-0.05, 0) is 22.6 Å². The van der Waals surface area contributed by atoms with Crippen molar-refractivity contribution in [3.63, 3.8) is 0 Å². The van der Waals surface area contributed by atoms with E-state index in [9.17, 15) is 0 Å². The molecule has 3 rings (SSSR count). The van der Waals surface area contributed by atoms with Gasteiger partial charge in [0.1, 0.15) is 0 Å². The molecule has 3 nitrogen and oxygen atoms in total. The SMILES string of the molecule is Nc1ccncc1Cc1cncc2ccccc12. The maximum absolute atomic E-state index is 5.95. The Morgan fingerprint density at radius 2 is 1.72 bits per heavy atom. The van der Waals surface area contributed by atoms with E-state index in [0.29, 0.717) is 0 Å². The van der Waals surface area contributed by atoms with Crippen molar-refractivity contribution in [3.8, 4) is 0 Å². The second kappa shape index (κ2) is 4.45. The zero-order valence-corrected chi connectivity index (χ0v) is 9.88. The van der Waals surface area contributed by atoms with Gasteiger partial charge in [-0.25, -0.2) is 0 Å². The van der Waals surface area contributed by atoms with Gasteiger partial charge in [-0.2, -0.15) is 0 Å². The molecule has 0 amide bonds. The lowest BCUT2D eigenvalue weighted by atomic mass is 10.0. The van der Waals surface area contributed by atoms with Crippen molar-refractivity contribution >= 4 is 16.5 Å². The maximum atomic E-state index is 5.95. The molecule has 1 aromatic carbocycles. The van der Waals surface area contributed by atoms with E-state index in [1.807, 2.05) is 36.8 Å². The van der Waals surface area contributed by atoms with Crippen LogP contribution in [0.5, 0.6) is 0 Å². The third kappa shape index (κ3) is 1.91. The van der Waals surface area contributed by atoms with Crippen LogP contribution in [0.1, 0.15) is 11.1 Å². The number of hydrogen-bond donors (Lipinski definition) is 1. The summed E-state index contributed by atoms with van der Waals surface area (Å²) < 4.78 is 0. The van der Waals surface area contributed by atoms with E-state index >= 15 is 0 Å². The summed E-state index contributed by atoms with van der Waals surface area (Å²) in [6.07, 6.45) is 8.06. The van der Waals surface area contributed by atoms with Crippen LogP contribution in [0.25, 0.3) is 10.8 Å². The van der Waals surface area contributed by atoms with Crippen molar-refractivity contribution in [1.82, 2.24) is 9.97 Å². The molecule has 18 heavy (non-hydrogen) atoms. The van der Waals surface area contributed by atoms with Gasteiger partial charge in [0.25, 0.3) is 0 Å². The number of rotatable bonds is 2. The predicted molar refractivity (Wildman–Crippen MR) is 73.2 cm³/mol. The van der Waals surface area contributed by atoms with Crippen LogP contribution in [0.4, 0.5) is 5.69 Å². The van der Waals surface area contributed by atoms with E-state index < -0.39 is 0 Å². The highest BCUT2D eigenvalue weighted by Gasteiger charge is 2.04. The third-order valence-corrected chi connectivity index (χ3v) is 3.07. The van der Waals surface area contributed by atoms with Crippen molar-refractivity contribution in [2.45, 2.75) is 6.42 Å². The molecule has 2 heterocycles. The quantitative estimate of drug-likeness (QED) is 0.743. The molecule has 0 saturated heterocycles. The lowest BCUT2D eigenvalue weighted by Crippen LogP contribution is -1.97. The average molecular weight is 235 g/mol. The number of nitrogens with zero attached hydrogens (tertiary/aromatic N) is 2. The molecule has 0 fully saturated rings. The van der Waals surface area contributed by atoms with Gasteiger partial charge in [-0.3, -0.25) is 9.97 Å². The minimum Gasteiger partial charge on any atom is -0.398 e. The summed E-state index contributed by atoms with van der Waals surface area (Å²) in [4.78, 5) is 8.40. The van der Waals surface area contributed by atoms with Crippen molar-refractivity contribution in [2.75, 3.05) is 5.73 Å². The number of pyridine rings is 2. The number of nitrogens with two attached hydrogens (primary N) is 1. The summed E-state index contributed by atoms with van der Waals surface area (Å²) in [5, 5.41) is 2.37. The molecule has 0 aliphatic carbocycles.